The van der Waals surface area contributed by atoms with Crippen LogP contribution in [0.1, 0.15) is 34.8 Å². The molecule has 0 aliphatic rings. The topological polar surface area (TPSA) is 84.5 Å². The van der Waals surface area contributed by atoms with E-state index in [0.717, 1.165) is 16.8 Å². The molecule has 2 rings (SSSR count). The zero-order valence-corrected chi connectivity index (χ0v) is 16.2. The van der Waals surface area contributed by atoms with E-state index in [9.17, 15) is 13.2 Å². The lowest BCUT2D eigenvalue weighted by Gasteiger charge is -2.14. The first kappa shape index (κ1) is 19.9. The molecule has 2 aromatic carbocycles. The Hall–Kier alpha value is -2.38. The summed E-state index contributed by atoms with van der Waals surface area (Å²) in [6.45, 7) is 5.99. The molecule has 0 aliphatic heterocycles. The molecule has 0 aliphatic carbocycles. The van der Waals surface area contributed by atoms with E-state index in [1.807, 2.05) is 39.0 Å². The quantitative estimate of drug-likeness (QED) is 0.777. The molecule has 7 heteroatoms. The normalized spacial score (nSPS) is 11.2. The lowest BCUT2D eigenvalue weighted by molar-refractivity contribution is 0.102. The molecular formula is C19H24N2O4S. The number of hydrogen-bond donors (Lipinski definition) is 2. The number of rotatable bonds is 7. The Kier molecular flexibility index (Phi) is 6.39. The fourth-order valence-electron chi connectivity index (χ4n) is 2.54. The van der Waals surface area contributed by atoms with Gasteiger partial charge in [-0.1, -0.05) is 25.1 Å². The van der Waals surface area contributed by atoms with Gasteiger partial charge in [0, 0.05) is 17.8 Å². The Balaban J connectivity index is 2.39. The van der Waals surface area contributed by atoms with Crippen LogP contribution in [-0.4, -0.2) is 28.0 Å². The Morgan fingerprint density at radius 1 is 1.12 bits per heavy atom. The van der Waals surface area contributed by atoms with Crippen molar-refractivity contribution in [1.82, 2.24) is 4.72 Å². The number of methoxy groups -OCH3 is 1. The summed E-state index contributed by atoms with van der Waals surface area (Å²) in [5, 5.41) is 2.86. The van der Waals surface area contributed by atoms with E-state index in [1.54, 1.807) is 6.07 Å². The first-order chi connectivity index (χ1) is 12.3. The van der Waals surface area contributed by atoms with Crippen molar-refractivity contribution in [3.05, 3.63) is 53.1 Å². The van der Waals surface area contributed by atoms with Crippen molar-refractivity contribution in [2.45, 2.75) is 32.1 Å². The molecule has 0 aromatic heterocycles. The number of amides is 1. The second kappa shape index (κ2) is 8.33. The van der Waals surface area contributed by atoms with Crippen LogP contribution in [0.15, 0.2) is 41.3 Å². The minimum Gasteiger partial charge on any atom is -0.495 e. The molecule has 0 spiro atoms. The number of sulfonamides is 1. The van der Waals surface area contributed by atoms with Crippen molar-refractivity contribution in [2.24, 2.45) is 0 Å². The molecule has 1 amide bonds. The summed E-state index contributed by atoms with van der Waals surface area (Å²) in [5.41, 5.74) is 2.83. The lowest BCUT2D eigenvalue weighted by Crippen LogP contribution is -2.25. The maximum atomic E-state index is 12.6. The number of carbonyl (C=O) groups is 1. The Morgan fingerprint density at radius 3 is 2.35 bits per heavy atom. The van der Waals surface area contributed by atoms with E-state index < -0.39 is 10.0 Å². The molecule has 0 radical (unpaired) electrons. The molecule has 0 saturated heterocycles. The number of anilines is 1. The molecule has 6 nitrogen and oxygen atoms in total. The number of nitrogens with one attached hydrogen (secondary N) is 2. The summed E-state index contributed by atoms with van der Waals surface area (Å²) in [7, 11) is -2.37. The standard InChI is InChI=1S/C19H24N2O4S/c1-5-11-20-26(23,24)17-12-15(9-10-16(17)25-4)19(22)21-18-13(2)7-6-8-14(18)3/h6-10,12,20H,5,11H2,1-4H3,(H,21,22). The third kappa shape index (κ3) is 4.42. The van der Waals surface area contributed by atoms with Crippen molar-refractivity contribution in [2.75, 3.05) is 19.0 Å². The number of benzene rings is 2. The van der Waals surface area contributed by atoms with Crippen LogP contribution in [0.2, 0.25) is 0 Å². The van der Waals surface area contributed by atoms with Crippen LogP contribution >= 0.6 is 0 Å². The van der Waals surface area contributed by atoms with Gasteiger partial charge in [-0.15, -0.1) is 0 Å². The molecule has 0 bridgehead atoms. The molecule has 0 fully saturated rings. The van der Waals surface area contributed by atoms with Crippen LogP contribution < -0.4 is 14.8 Å². The fourth-order valence-corrected chi connectivity index (χ4v) is 3.87. The first-order valence-corrected chi connectivity index (χ1v) is 9.83. The van der Waals surface area contributed by atoms with Crippen LogP contribution in [0.5, 0.6) is 5.75 Å². The molecule has 26 heavy (non-hydrogen) atoms. The fraction of sp³-hybridized carbons (Fsp3) is 0.316. The number of para-hydroxylation sites is 1. The zero-order chi connectivity index (χ0) is 19.3. The second-order valence-electron chi connectivity index (χ2n) is 5.98. The van der Waals surface area contributed by atoms with Crippen LogP contribution in [-0.2, 0) is 10.0 Å². The highest BCUT2D eigenvalue weighted by molar-refractivity contribution is 7.89. The van der Waals surface area contributed by atoms with E-state index in [1.165, 1.54) is 19.2 Å². The third-order valence-electron chi connectivity index (χ3n) is 3.98. The molecular weight excluding hydrogens is 352 g/mol. The van der Waals surface area contributed by atoms with Crippen LogP contribution in [0, 0.1) is 13.8 Å². The molecule has 2 aromatic rings. The second-order valence-corrected chi connectivity index (χ2v) is 7.72. The summed E-state index contributed by atoms with van der Waals surface area (Å²) >= 11 is 0. The molecule has 0 saturated carbocycles. The van der Waals surface area contributed by atoms with Gasteiger partial charge in [0.25, 0.3) is 5.91 Å². The van der Waals surface area contributed by atoms with Gasteiger partial charge in [-0.2, -0.15) is 0 Å². The average Bonchev–Trinajstić information content (AvgIpc) is 2.62. The highest BCUT2D eigenvalue weighted by Gasteiger charge is 2.21. The van der Waals surface area contributed by atoms with E-state index in [2.05, 4.69) is 10.0 Å². The average molecular weight is 376 g/mol. The number of ether oxygens (including phenoxy) is 1. The third-order valence-corrected chi connectivity index (χ3v) is 5.46. The summed E-state index contributed by atoms with van der Waals surface area (Å²) in [6.07, 6.45) is 0.661. The van der Waals surface area contributed by atoms with Gasteiger partial charge in [0.2, 0.25) is 10.0 Å². The lowest BCUT2D eigenvalue weighted by atomic mass is 10.1. The molecule has 0 unspecified atom stereocenters. The monoisotopic (exact) mass is 376 g/mol. The van der Waals surface area contributed by atoms with Crippen molar-refractivity contribution in [1.29, 1.82) is 0 Å². The summed E-state index contributed by atoms with van der Waals surface area (Å²) in [6, 6.07) is 10.1. The minimum atomic E-state index is -3.77. The van der Waals surface area contributed by atoms with E-state index in [4.69, 9.17) is 4.74 Å². The van der Waals surface area contributed by atoms with Crippen molar-refractivity contribution >= 4 is 21.6 Å². The molecule has 2 N–H and O–H groups in total. The van der Waals surface area contributed by atoms with Gasteiger partial charge in [-0.25, -0.2) is 13.1 Å². The number of aryl methyl sites for hydroxylation is 2. The first-order valence-electron chi connectivity index (χ1n) is 8.35. The predicted octanol–water partition coefficient (Wildman–Crippen LogP) is 3.25. The van der Waals surface area contributed by atoms with Crippen LogP contribution in [0.3, 0.4) is 0 Å². The van der Waals surface area contributed by atoms with Crippen molar-refractivity contribution < 1.29 is 17.9 Å². The van der Waals surface area contributed by atoms with Gasteiger partial charge >= 0.3 is 0 Å². The molecule has 140 valence electrons. The van der Waals surface area contributed by atoms with Crippen LogP contribution in [0.4, 0.5) is 5.69 Å². The highest BCUT2D eigenvalue weighted by Crippen LogP contribution is 2.26. The van der Waals surface area contributed by atoms with Gasteiger partial charge in [0.1, 0.15) is 10.6 Å². The maximum Gasteiger partial charge on any atom is 0.255 e. The molecule has 0 heterocycles. The highest BCUT2D eigenvalue weighted by atomic mass is 32.2. The van der Waals surface area contributed by atoms with Gasteiger partial charge in [0.15, 0.2) is 0 Å². The zero-order valence-electron chi connectivity index (χ0n) is 15.4. The minimum absolute atomic E-state index is 0.0531. The summed E-state index contributed by atoms with van der Waals surface area (Å²) < 4.78 is 32.6. The number of carbonyl (C=O) groups excluding carboxylic acids is 1. The maximum absolute atomic E-state index is 12.6. The smallest absolute Gasteiger partial charge is 0.255 e. The van der Waals surface area contributed by atoms with Gasteiger partial charge < -0.3 is 10.1 Å². The van der Waals surface area contributed by atoms with E-state index in [-0.39, 0.29) is 22.1 Å². The largest absolute Gasteiger partial charge is 0.495 e. The Morgan fingerprint density at radius 2 is 1.77 bits per heavy atom. The summed E-state index contributed by atoms with van der Waals surface area (Å²) in [4.78, 5) is 12.6. The van der Waals surface area contributed by atoms with Gasteiger partial charge in [-0.05, 0) is 49.6 Å². The summed E-state index contributed by atoms with van der Waals surface area (Å²) in [5.74, 6) is -0.186. The Bertz CT molecular complexity index is 888. The SMILES string of the molecule is CCCNS(=O)(=O)c1cc(C(=O)Nc2c(C)cccc2C)ccc1OC. The van der Waals surface area contributed by atoms with Crippen molar-refractivity contribution in [3.63, 3.8) is 0 Å². The Labute approximate surface area is 154 Å². The van der Waals surface area contributed by atoms with Gasteiger partial charge in [-0.3, -0.25) is 4.79 Å². The van der Waals surface area contributed by atoms with Crippen LogP contribution in [0.25, 0.3) is 0 Å². The van der Waals surface area contributed by atoms with E-state index in [0.29, 0.717) is 13.0 Å². The van der Waals surface area contributed by atoms with Gasteiger partial charge in [0.05, 0.1) is 7.11 Å². The van der Waals surface area contributed by atoms with E-state index >= 15 is 0 Å². The molecule has 0 atom stereocenters. The predicted molar refractivity (Wildman–Crippen MR) is 102 cm³/mol. The number of hydrogen-bond acceptors (Lipinski definition) is 4. The van der Waals surface area contributed by atoms with Crippen molar-refractivity contribution in [3.8, 4) is 5.75 Å².